The maximum atomic E-state index is 12.4. The third-order valence-corrected chi connectivity index (χ3v) is 3.28. The first-order valence-electron chi connectivity index (χ1n) is 5.48. The van der Waals surface area contributed by atoms with Gasteiger partial charge in [-0.05, 0) is 17.7 Å². The standard InChI is InChI=1S/C11H13F3NO4P/c1-7(16)15-10(6-20(17,18)19)8-2-4-9(5-3-8)11(12,13)14/h2-5,10H,6H2,1H3,(H,15,16)(H2,17,18,19). The van der Waals surface area contributed by atoms with Crippen molar-refractivity contribution in [2.24, 2.45) is 0 Å². The van der Waals surface area contributed by atoms with Crippen LogP contribution in [0.3, 0.4) is 0 Å². The Morgan fingerprint density at radius 1 is 1.30 bits per heavy atom. The Kier molecular flexibility index (Phi) is 4.96. The van der Waals surface area contributed by atoms with Crippen molar-refractivity contribution in [3.8, 4) is 0 Å². The molecule has 0 fully saturated rings. The van der Waals surface area contributed by atoms with E-state index in [1.165, 1.54) is 0 Å². The van der Waals surface area contributed by atoms with E-state index in [1.807, 2.05) is 0 Å². The average molecular weight is 311 g/mol. The second kappa shape index (κ2) is 5.95. The molecule has 0 aliphatic rings. The molecule has 1 aromatic carbocycles. The molecule has 0 saturated carbocycles. The van der Waals surface area contributed by atoms with Gasteiger partial charge in [0.2, 0.25) is 5.91 Å². The van der Waals surface area contributed by atoms with Crippen LogP contribution in [0.25, 0.3) is 0 Å². The first-order chi connectivity index (χ1) is 8.99. The largest absolute Gasteiger partial charge is 0.416 e. The molecular weight excluding hydrogens is 298 g/mol. The molecule has 0 saturated heterocycles. The molecule has 5 nitrogen and oxygen atoms in total. The zero-order chi connectivity index (χ0) is 15.6. The van der Waals surface area contributed by atoms with E-state index in [9.17, 15) is 22.5 Å². The van der Waals surface area contributed by atoms with E-state index < -0.39 is 37.4 Å². The molecule has 9 heteroatoms. The van der Waals surface area contributed by atoms with Gasteiger partial charge >= 0.3 is 13.8 Å². The van der Waals surface area contributed by atoms with Gasteiger partial charge in [-0.2, -0.15) is 13.2 Å². The predicted octanol–water partition coefficient (Wildman–Crippen LogP) is 2.06. The number of nitrogens with one attached hydrogen (secondary N) is 1. The number of amides is 1. The van der Waals surface area contributed by atoms with Gasteiger partial charge in [-0.15, -0.1) is 0 Å². The van der Waals surface area contributed by atoms with Crippen LogP contribution in [0.1, 0.15) is 24.1 Å². The highest BCUT2D eigenvalue weighted by atomic mass is 31.2. The van der Waals surface area contributed by atoms with Crippen molar-refractivity contribution in [2.75, 3.05) is 6.16 Å². The van der Waals surface area contributed by atoms with E-state index >= 15 is 0 Å². The number of alkyl halides is 3. The van der Waals surface area contributed by atoms with Crippen LogP contribution < -0.4 is 5.32 Å². The Labute approximate surface area is 113 Å². The van der Waals surface area contributed by atoms with Gasteiger partial charge in [0.05, 0.1) is 17.8 Å². The highest BCUT2D eigenvalue weighted by molar-refractivity contribution is 7.51. The van der Waals surface area contributed by atoms with E-state index in [4.69, 9.17) is 9.79 Å². The summed E-state index contributed by atoms with van der Waals surface area (Å²) in [5.41, 5.74) is -0.685. The highest BCUT2D eigenvalue weighted by Crippen LogP contribution is 2.39. The van der Waals surface area contributed by atoms with Crippen LogP contribution in [-0.2, 0) is 15.5 Å². The summed E-state index contributed by atoms with van der Waals surface area (Å²) in [7, 11) is -4.42. The smallest absolute Gasteiger partial charge is 0.349 e. The Bertz CT molecular complexity index is 523. The molecule has 1 atom stereocenters. The summed E-state index contributed by atoms with van der Waals surface area (Å²) in [4.78, 5) is 28.8. The van der Waals surface area contributed by atoms with Gasteiger partial charge in [-0.1, -0.05) is 12.1 Å². The molecule has 20 heavy (non-hydrogen) atoms. The second-order valence-corrected chi connectivity index (χ2v) is 5.91. The fourth-order valence-corrected chi connectivity index (χ4v) is 2.40. The minimum Gasteiger partial charge on any atom is -0.349 e. The topological polar surface area (TPSA) is 86.6 Å². The van der Waals surface area contributed by atoms with Crippen molar-refractivity contribution in [1.29, 1.82) is 0 Å². The van der Waals surface area contributed by atoms with Gasteiger partial charge < -0.3 is 15.1 Å². The summed E-state index contributed by atoms with van der Waals surface area (Å²) in [6.07, 6.45) is -5.18. The molecule has 0 aliphatic heterocycles. The maximum absolute atomic E-state index is 12.4. The first kappa shape index (κ1) is 16.7. The van der Waals surface area contributed by atoms with Crippen LogP contribution in [0.2, 0.25) is 0 Å². The zero-order valence-electron chi connectivity index (χ0n) is 10.4. The highest BCUT2D eigenvalue weighted by Gasteiger charge is 2.31. The van der Waals surface area contributed by atoms with Gasteiger partial charge in [0.25, 0.3) is 0 Å². The predicted molar refractivity (Wildman–Crippen MR) is 64.9 cm³/mol. The summed E-state index contributed by atoms with van der Waals surface area (Å²) >= 11 is 0. The van der Waals surface area contributed by atoms with Crippen LogP contribution >= 0.6 is 7.60 Å². The number of halogens is 3. The summed E-state index contributed by atoms with van der Waals surface area (Å²) < 4.78 is 48.2. The van der Waals surface area contributed by atoms with Crippen molar-refractivity contribution in [3.05, 3.63) is 35.4 Å². The third-order valence-electron chi connectivity index (χ3n) is 2.44. The second-order valence-electron chi connectivity index (χ2n) is 4.22. The first-order valence-corrected chi connectivity index (χ1v) is 7.27. The van der Waals surface area contributed by atoms with Crippen molar-refractivity contribution >= 4 is 13.5 Å². The SMILES string of the molecule is CC(=O)NC(CP(=O)(O)O)c1ccc(C(F)(F)F)cc1. The Morgan fingerprint density at radius 3 is 2.15 bits per heavy atom. The lowest BCUT2D eigenvalue weighted by Gasteiger charge is -2.19. The van der Waals surface area contributed by atoms with E-state index in [1.54, 1.807) is 0 Å². The minimum atomic E-state index is -4.49. The maximum Gasteiger partial charge on any atom is 0.416 e. The fraction of sp³-hybridized carbons (Fsp3) is 0.364. The summed E-state index contributed by atoms with van der Waals surface area (Å²) in [6.45, 7) is 1.15. The van der Waals surface area contributed by atoms with E-state index in [2.05, 4.69) is 5.32 Å². The van der Waals surface area contributed by atoms with E-state index in [0.717, 1.165) is 31.2 Å². The minimum absolute atomic E-state index is 0.191. The molecule has 1 amide bonds. The van der Waals surface area contributed by atoms with Crippen molar-refractivity contribution in [3.63, 3.8) is 0 Å². The monoisotopic (exact) mass is 311 g/mol. The fourth-order valence-electron chi connectivity index (χ4n) is 1.62. The van der Waals surface area contributed by atoms with Crippen LogP contribution in [0.4, 0.5) is 13.2 Å². The molecule has 0 aromatic heterocycles. The van der Waals surface area contributed by atoms with Crippen molar-refractivity contribution < 1.29 is 32.3 Å². The molecule has 1 rings (SSSR count). The molecule has 0 heterocycles. The van der Waals surface area contributed by atoms with Gasteiger partial charge in [0.15, 0.2) is 0 Å². The molecule has 0 radical (unpaired) electrons. The van der Waals surface area contributed by atoms with Gasteiger partial charge in [0.1, 0.15) is 0 Å². The molecule has 0 spiro atoms. The van der Waals surface area contributed by atoms with E-state index in [0.29, 0.717) is 0 Å². The lowest BCUT2D eigenvalue weighted by atomic mass is 10.1. The summed E-state index contributed by atoms with van der Waals surface area (Å²) in [6, 6.07) is 2.71. The zero-order valence-corrected chi connectivity index (χ0v) is 11.3. The molecular formula is C11H13F3NO4P. The summed E-state index contributed by atoms with van der Waals surface area (Å²) in [5, 5.41) is 2.30. The Hall–Kier alpha value is -1.37. The quantitative estimate of drug-likeness (QED) is 0.743. The number of carbonyl (C=O) groups is 1. The van der Waals surface area contributed by atoms with Crippen LogP contribution in [0, 0.1) is 0 Å². The molecule has 0 bridgehead atoms. The van der Waals surface area contributed by atoms with Crippen molar-refractivity contribution in [2.45, 2.75) is 19.1 Å². The average Bonchev–Trinajstić information content (AvgIpc) is 2.24. The van der Waals surface area contributed by atoms with Gasteiger partial charge in [0, 0.05) is 6.92 Å². The number of hydrogen-bond acceptors (Lipinski definition) is 2. The third kappa shape index (κ3) is 5.32. The lowest BCUT2D eigenvalue weighted by Crippen LogP contribution is -2.28. The van der Waals surface area contributed by atoms with E-state index in [-0.39, 0.29) is 5.56 Å². The Morgan fingerprint density at radius 2 is 1.80 bits per heavy atom. The van der Waals surface area contributed by atoms with Crippen LogP contribution in [0.15, 0.2) is 24.3 Å². The normalized spacial score (nSPS) is 13.9. The van der Waals surface area contributed by atoms with Crippen LogP contribution in [0.5, 0.6) is 0 Å². The number of rotatable bonds is 4. The van der Waals surface area contributed by atoms with Crippen LogP contribution in [-0.4, -0.2) is 21.9 Å². The number of carbonyl (C=O) groups excluding carboxylic acids is 1. The molecule has 3 N–H and O–H groups in total. The molecule has 0 aliphatic carbocycles. The van der Waals surface area contributed by atoms with Crippen molar-refractivity contribution in [1.82, 2.24) is 5.32 Å². The van der Waals surface area contributed by atoms with Gasteiger partial charge in [-0.25, -0.2) is 0 Å². The molecule has 1 aromatic rings. The number of benzene rings is 1. The molecule has 1 unspecified atom stereocenters. The lowest BCUT2D eigenvalue weighted by molar-refractivity contribution is -0.137. The Balaban J connectivity index is 3.02. The summed E-state index contributed by atoms with van der Waals surface area (Å²) in [5.74, 6) is -0.539. The number of hydrogen-bond donors (Lipinski definition) is 3. The molecule has 112 valence electrons. The van der Waals surface area contributed by atoms with Gasteiger partial charge in [-0.3, -0.25) is 9.36 Å².